The van der Waals surface area contributed by atoms with Crippen LogP contribution in [0.4, 0.5) is 0 Å². The van der Waals surface area contributed by atoms with Crippen molar-refractivity contribution in [3.63, 3.8) is 0 Å². The summed E-state index contributed by atoms with van der Waals surface area (Å²) in [6, 6.07) is 6.46. The highest BCUT2D eigenvalue weighted by molar-refractivity contribution is 5.87. The van der Waals surface area contributed by atoms with Crippen LogP contribution in [0.1, 0.15) is 22.3 Å². The van der Waals surface area contributed by atoms with Gasteiger partial charge in [0.1, 0.15) is 0 Å². The predicted octanol–water partition coefficient (Wildman–Crippen LogP) is 1.51. The lowest BCUT2D eigenvalue weighted by Crippen LogP contribution is -2.24. The van der Waals surface area contributed by atoms with Crippen LogP contribution in [-0.2, 0) is 26.2 Å². The second-order valence-corrected chi connectivity index (χ2v) is 3.52. The molecule has 0 aromatic heterocycles. The Hall–Kier alpha value is -1.47. The second-order valence-electron chi connectivity index (χ2n) is 3.52. The van der Waals surface area contributed by atoms with Gasteiger partial charge in [0.2, 0.25) is 0 Å². The molecular weight excluding hydrogens is 228 g/mol. The van der Waals surface area contributed by atoms with Gasteiger partial charge in [-0.2, -0.15) is 4.89 Å². The van der Waals surface area contributed by atoms with Gasteiger partial charge in [0.25, 0.3) is 0 Å². The molecule has 1 aromatic rings. The van der Waals surface area contributed by atoms with E-state index in [1.807, 2.05) is 0 Å². The van der Waals surface area contributed by atoms with Gasteiger partial charge in [-0.05, 0) is 17.7 Å². The third-order valence-electron chi connectivity index (χ3n) is 2.27. The maximum Gasteiger partial charge on any atom is 0.335 e. The lowest BCUT2D eigenvalue weighted by atomic mass is 10.1. The van der Waals surface area contributed by atoms with Crippen LogP contribution in [-0.4, -0.2) is 24.0 Å². The fraction of sp³-hybridized carbons (Fsp3) is 0.364. The quantitative estimate of drug-likeness (QED) is 0.804. The Labute approximate surface area is 97.5 Å². The minimum Gasteiger partial charge on any atom is -0.478 e. The predicted molar refractivity (Wildman–Crippen MR) is 54.7 cm³/mol. The summed E-state index contributed by atoms with van der Waals surface area (Å²) in [5, 5.41) is 13.0. The number of ether oxygens (including phenoxy) is 1. The Bertz CT molecular complexity index is 368. The zero-order valence-corrected chi connectivity index (χ0v) is 9.00. The van der Waals surface area contributed by atoms with Crippen LogP contribution in [0.15, 0.2) is 24.3 Å². The zero-order chi connectivity index (χ0) is 12.1. The SMILES string of the molecule is O=C(O)c1ccc(COC2CCOOO2)cc1. The summed E-state index contributed by atoms with van der Waals surface area (Å²) in [5.41, 5.74) is 1.12. The number of carboxylic acids is 1. The molecule has 1 aromatic carbocycles. The molecule has 92 valence electrons. The van der Waals surface area contributed by atoms with E-state index in [2.05, 4.69) is 9.93 Å². The van der Waals surface area contributed by atoms with Gasteiger partial charge in [-0.1, -0.05) is 17.2 Å². The summed E-state index contributed by atoms with van der Waals surface area (Å²) in [4.78, 5) is 19.9. The Morgan fingerprint density at radius 2 is 2.18 bits per heavy atom. The van der Waals surface area contributed by atoms with Crippen molar-refractivity contribution in [3.05, 3.63) is 35.4 Å². The van der Waals surface area contributed by atoms with Crippen LogP contribution in [0.5, 0.6) is 0 Å². The van der Waals surface area contributed by atoms with Crippen LogP contribution in [0.2, 0.25) is 0 Å². The Balaban J connectivity index is 1.84. The molecule has 1 atom stereocenters. The molecular formula is C11H12O6. The highest BCUT2D eigenvalue weighted by Crippen LogP contribution is 2.12. The largest absolute Gasteiger partial charge is 0.478 e. The first-order valence-corrected chi connectivity index (χ1v) is 5.14. The van der Waals surface area contributed by atoms with Gasteiger partial charge in [0, 0.05) is 6.42 Å². The van der Waals surface area contributed by atoms with E-state index in [0.29, 0.717) is 19.6 Å². The van der Waals surface area contributed by atoms with Crippen LogP contribution in [0.3, 0.4) is 0 Å². The van der Waals surface area contributed by atoms with Crippen molar-refractivity contribution < 1.29 is 29.5 Å². The fourth-order valence-electron chi connectivity index (χ4n) is 1.34. The highest BCUT2D eigenvalue weighted by atomic mass is 17.5. The molecule has 6 nitrogen and oxygen atoms in total. The molecule has 0 saturated carbocycles. The molecule has 1 fully saturated rings. The molecule has 0 radical (unpaired) electrons. The molecule has 1 aliphatic rings. The topological polar surface area (TPSA) is 74.2 Å². The number of carbonyl (C=O) groups is 1. The van der Waals surface area contributed by atoms with Gasteiger partial charge in [0.15, 0.2) is 6.29 Å². The van der Waals surface area contributed by atoms with E-state index in [4.69, 9.17) is 14.7 Å². The molecule has 6 heteroatoms. The van der Waals surface area contributed by atoms with Crippen LogP contribution in [0.25, 0.3) is 0 Å². The first-order chi connectivity index (χ1) is 8.25. The molecule has 0 spiro atoms. The number of aromatic carboxylic acids is 1. The molecule has 1 unspecified atom stereocenters. The van der Waals surface area contributed by atoms with E-state index >= 15 is 0 Å². The van der Waals surface area contributed by atoms with Gasteiger partial charge >= 0.3 is 5.97 Å². The van der Waals surface area contributed by atoms with Crippen molar-refractivity contribution >= 4 is 5.97 Å². The van der Waals surface area contributed by atoms with Gasteiger partial charge < -0.3 is 9.84 Å². The minimum atomic E-state index is -0.946. The number of hydrogen-bond acceptors (Lipinski definition) is 5. The van der Waals surface area contributed by atoms with E-state index in [9.17, 15) is 4.79 Å². The summed E-state index contributed by atoms with van der Waals surface area (Å²) in [6.07, 6.45) is 0.135. The normalized spacial score (nSPS) is 20.1. The minimum absolute atomic E-state index is 0.249. The van der Waals surface area contributed by atoms with Crippen molar-refractivity contribution in [1.82, 2.24) is 0 Å². The standard InChI is InChI=1S/C11H12O6/c12-11(13)9-3-1-8(2-4-9)7-14-10-5-6-15-17-16-10/h1-4,10H,5-7H2,(H,12,13). The molecule has 2 rings (SSSR count). The van der Waals surface area contributed by atoms with Crippen molar-refractivity contribution in [2.75, 3.05) is 6.61 Å². The van der Waals surface area contributed by atoms with Crippen molar-refractivity contribution in [3.8, 4) is 0 Å². The summed E-state index contributed by atoms with van der Waals surface area (Å²) in [5.74, 6) is -0.946. The molecule has 1 aliphatic heterocycles. The van der Waals surface area contributed by atoms with Crippen LogP contribution < -0.4 is 0 Å². The van der Waals surface area contributed by atoms with Crippen molar-refractivity contribution in [2.45, 2.75) is 19.3 Å². The molecule has 1 saturated heterocycles. The average Bonchev–Trinajstić information content (AvgIpc) is 2.38. The van der Waals surface area contributed by atoms with Gasteiger partial charge in [0.05, 0.1) is 18.8 Å². The maximum absolute atomic E-state index is 10.6. The fourth-order valence-corrected chi connectivity index (χ4v) is 1.34. The first-order valence-electron chi connectivity index (χ1n) is 5.14. The number of rotatable bonds is 4. The number of benzene rings is 1. The summed E-state index contributed by atoms with van der Waals surface area (Å²) in [7, 11) is 0. The smallest absolute Gasteiger partial charge is 0.335 e. The molecule has 17 heavy (non-hydrogen) atoms. The molecule has 0 amide bonds. The maximum atomic E-state index is 10.6. The molecule has 1 heterocycles. The number of hydrogen-bond donors (Lipinski definition) is 1. The van der Waals surface area contributed by atoms with E-state index in [1.165, 1.54) is 12.1 Å². The lowest BCUT2D eigenvalue weighted by Gasteiger charge is -2.20. The van der Waals surface area contributed by atoms with E-state index < -0.39 is 12.3 Å². The Morgan fingerprint density at radius 3 is 2.76 bits per heavy atom. The third kappa shape index (κ3) is 3.50. The van der Waals surface area contributed by atoms with Gasteiger partial charge in [-0.15, -0.1) is 0 Å². The van der Waals surface area contributed by atoms with Gasteiger partial charge in [-0.25, -0.2) is 9.68 Å². The Morgan fingerprint density at radius 1 is 1.41 bits per heavy atom. The van der Waals surface area contributed by atoms with E-state index in [-0.39, 0.29) is 5.56 Å². The van der Waals surface area contributed by atoms with Crippen LogP contribution in [0, 0.1) is 0 Å². The van der Waals surface area contributed by atoms with Crippen LogP contribution >= 0.6 is 0 Å². The summed E-state index contributed by atoms with van der Waals surface area (Å²) in [6.45, 7) is 0.747. The van der Waals surface area contributed by atoms with E-state index in [0.717, 1.165) is 5.56 Å². The summed E-state index contributed by atoms with van der Waals surface area (Å²) < 4.78 is 5.39. The highest BCUT2D eigenvalue weighted by Gasteiger charge is 2.16. The zero-order valence-electron chi connectivity index (χ0n) is 9.00. The monoisotopic (exact) mass is 240 g/mol. The second kappa shape index (κ2) is 5.74. The molecule has 1 N–H and O–H groups in total. The van der Waals surface area contributed by atoms with Crippen molar-refractivity contribution in [1.29, 1.82) is 0 Å². The van der Waals surface area contributed by atoms with Crippen molar-refractivity contribution in [2.24, 2.45) is 0 Å². The first kappa shape index (κ1) is 12.0. The average molecular weight is 240 g/mol. The lowest BCUT2D eigenvalue weighted by molar-refractivity contribution is -0.572. The summed E-state index contributed by atoms with van der Waals surface area (Å²) >= 11 is 0. The molecule has 0 aliphatic carbocycles. The Kier molecular flexibility index (Phi) is 4.05. The molecule has 0 bridgehead atoms. The van der Waals surface area contributed by atoms with E-state index in [1.54, 1.807) is 12.1 Å². The number of carboxylic acid groups (broad SMARTS) is 1. The van der Waals surface area contributed by atoms with Gasteiger partial charge in [-0.3, -0.25) is 0 Å². The third-order valence-corrected chi connectivity index (χ3v) is 2.27.